The van der Waals surface area contributed by atoms with Crippen molar-refractivity contribution in [2.24, 2.45) is 4.99 Å². The van der Waals surface area contributed by atoms with Gasteiger partial charge in [0, 0.05) is 24.5 Å². The summed E-state index contributed by atoms with van der Waals surface area (Å²) in [5.74, 6) is 1.10. The maximum Gasteiger partial charge on any atom is 0.337 e. The third kappa shape index (κ3) is 6.93. The van der Waals surface area contributed by atoms with Gasteiger partial charge in [0.15, 0.2) is 4.80 Å². The Hall–Kier alpha value is -2.62. The van der Waals surface area contributed by atoms with E-state index < -0.39 is 5.97 Å². The maximum absolute atomic E-state index is 12.6. The number of benzene rings is 2. The molecule has 33 heavy (non-hydrogen) atoms. The van der Waals surface area contributed by atoms with Crippen molar-refractivity contribution in [3.05, 3.63) is 52.8 Å². The third-order valence-corrected chi connectivity index (χ3v) is 6.99. The van der Waals surface area contributed by atoms with Crippen molar-refractivity contribution in [1.82, 2.24) is 4.57 Å². The lowest BCUT2D eigenvalue weighted by atomic mass is 10.2. The van der Waals surface area contributed by atoms with E-state index in [0.717, 1.165) is 33.0 Å². The largest absolute Gasteiger partial charge is 0.497 e. The lowest BCUT2D eigenvalue weighted by Crippen LogP contribution is -2.19. The number of ether oxygens (including phenoxy) is 3. The van der Waals surface area contributed by atoms with Gasteiger partial charge in [0.1, 0.15) is 5.75 Å². The van der Waals surface area contributed by atoms with Crippen LogP contribution in [0.4, 0.5) is 0 Å². The number of thioether (sulfide) groups is 1. The summed E-state index contributed by atoms with van der Waals surface area (Å²) < 4.78 is 18.3. The predicted molar refractivity (Wildman–Crippen MR) is 131 cm³/mol. The number of amides is 1. The third-order valence-electron chi connectivity index (χ3n) is 4.85. The fraction of sp³-hybridized carbons (Fsp3) is 0.375. The number of nitrogens with zero attached hydrogens (tertiary/aromatic N) is 2. The maximum atomic E-state index is 12.6. The van der Waals surface area contributed by atoms with Crippen LogP contribution >= 0.6 is 23.1 Å². The van der Waals surface area contributed by atoms with Gasteiger partial charge < -0.3 is 18.8 Å². The zero-order valence-corrected chi connectivity index (χ0v) is 20.7. The molecule has 1 amide bonds. The molecule has 0 N–H and O–H groups in total. The van der Waals surface area contributed by atoms with Gasteiger partial charge >= 0.3 is 5.97 Å². The van der Waals surface area contributed by atoms with E-state index in [1.807, 2.05) is 41.8 Å². The molecule has 0 aliphatic rings. The van der Waals surface area contributed by atoms with Gasteiger partial charge in [0.2, 0.25) is 5.91 Å². The van der Waals surface area contributed by atoms with Gasteiger partial charge in [-0.15, -0.1) is 11.8 Å². The number of methoxy groups -OCH3 is 2. The van der Waals surface area contributed by atoms with Crippen LogP contribution in [0.25, 0.3) is 10.2 Å². The van der Waals surface area contributed by atoms with E-state index in [1.165, 1.54) is 18.4 Å². The molecule has 0 aliphatic carbocycles. The van der Waals surface area contributed by atoms with Gasteiger partial charge in [0.05, 0.1) is 36.6 Å². The second kappa shape index (κ2) is 12.6. The summed E-state index contributed by atoms with van der Waals surface area (Å²) in [6.07, 6.45) is 1.10. The van der Waals surface area contributed by atoms with E-state index in [0.29, 0.717) is 36.5 Å². The Bertz CT molecular complexity index is 1150. The molecule has 1 aromatic heterocycles. The van der Waals surface area contributed by atoms with Gasteiger partial charge in [-0.1, -0.05) is 11.3 Å². The molecular weight excluding hydrogens is 460 g/mol. The molecule has 0 saturated carbocycles. The Balaban J connectivity index is 1.70. The monoisotopic (exact) mass is 488 g/mol. The van der Waals surface area contributed by atoms with Crippen molar-refractivity contribution in [2.45, 2.75) is 31.2 Å². The van der Waals surface area contributed by atoms with Gasteiger partial charge in [-0.2, -0.15) is 4.99 Å². The lowest BCUT2D eigenvalue weighted by molar-refractivity contribution is -0.118. The molecule has 0 atom stereocenters. The number of esters is 1. The van der Waals surface area contributed by atoms with E-state index >= 15 is 0 Å². The fourth-order valence-corrected chi connectivity index (χ4v) is 5.13. The molecule has 2 aromatic carbocycles. The molecule has 0 radical (unpaired) electrons. The highest BCUT2D eigenvalue weighted by atomic mass is 32.2. The van der Waals surface area contributed by atoms with Crippen LogP contribution < -0.4 is 9.54 Å². The molecular formula is C24H28N2O5S2. The van der Waals surface area contributed by atoms with Crippen molar-refractivity contribution in [3.8, 4) is 5.75 Å². The smallest absolute Gasteiger partial charge is 0.337 e. The number of carbonyl (C=O) groups is 2. The number of aromatic nitrogens is 1. The normalized spacial score (nSPS) is 11.7. The molecule has 0 bridgehead atoms. The summed E-state index contributed by atoms with van der Waals surface area (Å²) in [6.45, 7) is 3.65. The van der Waals surface area contributed by atoms with Gasteiger partial charge in [-0.05, 0) is 61.6 Å². The number of carbonyl (C=O) groups excluding carboxylic acids is 2. The number of thiazole rings is 1. The number of fused-ring (bicyclic) bond motifs is 1. The summed E-state index contributed by atoms with van der Waals surface area (Å²) >= 11 is 3.09. The fourth-order valence-electron chi connectivity index (χ4n) is 3.17. The van der Waals surface area contributed by atoms with Gasteiger partial charge in [0.25, 0.3) is 0 Å². The molecule has 0 unspecified atom stereocenters. The molecule has 0 spiro atoms. The topological polar surface area (TPSA) is 79.1 Å². The van der Waals surface area contributed by atoms with Crippen molar-refractivity contribution < 1.29 is 23.8 Å². The van der Waals surface area contributed by atoms with Crippen molar-refractivity contribution in [1.29, 1.82) is 0 Å². The van der Waals surface area contributed by atoms with Gasteiger partial charge in [-0.25, -0.2) is 4.79 Å². The highest BCUT2D eigenvalue weighted by molar-refractivity contribution is 7.99. The first-order chi connectivity index (χ1) is 16.0. The second-order valence-electron chi connectivity index (χ2n) is 7.04. The van der Waals surface area contributed by atoms with Crippen LogP contribution in [0.15, 0.2) is 52.4 Å². The molecule has 9 heteroatoms. The van der Waals surface area contributed by atoms with Crippen LogP contribution in [0.2, 0.25) is 0 Å². The molecule has 3 rings (SSSR count). The standard InChI is InChI=1S/C24H28N2O5S2/c1-4-31-14-13-26-20-12-7-17(23(28)30-3)16-21(20)33-24(26)25-22(27)6-5-15-32-19-10-8-18(29-2)9-11-19/h7-12,16H,4-6,13-15H2,1-3H3. The molecule has 176 valence electrons. The molecule has 3 aromatic rings. The zero-order chi connectivity index (χ0) is 23.6. The molecule has 1 heterocycles. The van der Waals surface area contributed by atoms with Crippen LogP contribution in [0.5, 0.6) is 5.75 Å². The highest BCUT2D eigenvalue weighted by Gasteiger charge is 2.12. The van der Waals surface area contributed by atoms with Crippen LogP contribution in [0, 0.1) is 0 Å². The van der Waals surface area contributed by atoms with Crippen LogP contribution in [0.1, 0.15) is 30.1 Å². The summed E-state index contributed by atoms with van der Waals surface area (Å²) in [6, 6.07) is 13.2. The van der Waals surface area contributed by atoms with E-state index in [9.17, 15) is 9.59 Å². The Morgan fingerprint density at radius 3 is 2.61 bits per heavy atom. The van der Waals surface area contributed by atoms with Gasteiger partial charge in [-0.3, -0.25) is 4.79 Å². The first kappa shape index (κ1) is 25.0. The summed E-state index contributed by atoms with van der Waals surface area (Å²) in [7, 11) is 3.00. The molecule has 0 fully saturated rings. The molecule has 0 saturated heterocycles. The first-order valence-corrected chi connectivity index (χ1v) is 12.5. The minimum Gasteiger partial charge on any atom is -0.497 e. The SMILES string of the molecule is CCOCCn1c(=NC(=O)CCCSc2ccc(OC)cc2)sc2cc(C(=O)OC)ccc21. The van der Waals surface area contributed by atoms with Crippen LogP contribution in [0.3, 0.4) is 0 Å². The quantitative estimate of drug-likeness (QED) is 0.224. The van der Waals surface area contributed by atoms with Crippen LogP contribution in [-0.2, 0) is 20.8 Å². The number of rotatable bonds is 11. The Labute approximate surface area is 201 Å². The zero-order valence-electron chi connectivity index (χ0n) is 19.0. The number of hydrogen-bond acceptors (Lipinski definition) is 7. The first-order valence-electron chi connectivity index (χ1n) is 10.7. The Kier molecular flexibility index (Phi) is 9.53. The molecule has 0 aliphatic heterocycles. The summed E-state index contributed by atoms with van der Waals surface area (Å²) in [5.41, 5.74) is 1.38. The summed E-state index contributed by atoms with van der Waals surface area (Å²) in [5, 5.41) is 0. The highest BCUT2D eigenvalue weighted by Crippen LogP contribution is 2.23. The average molecular weight is 489 g/mol. The van der Waals surface area contributed by atoms with Crippen molar-refractivity contribution >= 4 is 45.2 Å². The average Bonchev–Trinajstić information content (AvgIpc) is 3.17. The number of hydrogen-bond donors (Lipinski definition) is 0. The van der Waals surface area contributed by atoms with E-state index in [-0.39, 0.29) is 5.91 Å². The van der Waals surface area contributed by atoms with E-state index in [2.05, 4.69) is 4.99 Å². The molecule has 7 nitrogen and oxygen atoms in total. The second-order valence-corrected chi connectivity index (χ2v) is 9.22. The predicted octanol–water partition coefficient (Wildman–Crippen LogP) is 4.53. The minimum atomic E-state index is -0.393. The van der Waals surface area contributed by atoms with E-state index in [4.69, 9.17) is 14.2 Å². The summed E-state index contributed by atoms with van der Waals surface area (Å²) in [4.78, 5) is 30.6. The van der Waals surface area contributed by atoms with E-state index in [1.54, 1.807) is 31.0 Å². The van der Waals surface area contributed by atoms with Crippen molar-refractivity contribution in [3.63, 3.8) is 0 Å². The Morgan fingerprint density at radius 2 is 1.91 bits per heavy atom. The van der Waals surface area contributed by atoms with Crippen molar-refractivity contribution in [2.75, 3.05) is 33.2 Å². The Morgan fingerprint density at radius 1 is 1.12 bits per heavy atom. The lowest BCUT2D eigenvalue weighted by Gasteiger charge is -2.06. The minimum absolute atomic E-state index is 0.157. The van der Waals surface area contributed by atoms with Crippen LogP contribution in [-0.4, -0.2) is 49.6 Å².